The largest absolute Gasteiger partial charge is 0.294 e. The summed E-state index contributed by atoms with van der Waals surface area (Å²) in [6.45, 7) is 21.2. The van der Waals surface area contributed by atoms with E-state index in [-0.39, 0.29) is 0 Å². The van der Waals surface area contributed by atoms with Gasteiger partial charge in [0.1, 0.15) is 0 Å². The molecule has 0 radical (unpaired) electrons. The highest BCUT2D eigenvalue weighted by molar-refractivity contribution is 4.88. The highest BCUT2D eigenvalue weighted by Crippen LogP contribution is 2.22. The van der Waals surface area contributed by atoms with Crippen LogP contribution in [0.3, 0.4) is 0 Å². The van der Waals surface area contributed by atoms with Gasteiger partial charge in [-0.25, -0.2) is 0 Å². The normalized spacial score (nSPS) is 16.6. The van der Waals surface area contributed by atoms with Gasteiger partial charge in [-0.1, -0.05) is 40.7 Å². The topological polar surface area (TPSA) is 3.24 Å². The summed E-state index contributed by atoms with van der Waals surface area (Å²) in [4.78, 5) is 2.57. The third kappa shape index (κ3) is 5.69. The lowest BCUT2D eigenvalue weighted by molar-refractivity contribution is 0.125. The molecule has 0 rings (SSSR count). The van der Waals surface area contributed by atoms with Gasteiger partial charge in [0.05, 0.1) is 0 Å². The summed E-state index contributed by atoms with van der Waals surface area (Å²) in [5, 5.41) is 0. The molecule has 0 saturated carbocycles. The molecule has 16 heavy (non-hydrogen) atoms. The van der Waals surface area contributed by atoms with Gasteiger partial charge < -0.3 is 0 Å². The summed E-state index contributed by atoms with van der Waals surface area (Å²) in [5.41, 5.74) is 0.413. The molecule has 0 aromatic rings. The van der Waals surface area contributed by atoms with Crippen LogP contribution in [0.5, 0.6) is 0 Å². The predicted octanol–water partition coefficient (Wildman–Crippen LogP) is 4.34. The summed E-state index contributed by atoms with van der Waals surface area (Å²) in [6.07, 6.45) is 3.30. The highest BCUT2D eigenvalue weighted by atomic mass is 15.2. The predicted molar refractivity (Wildman–Crippen MR) is 74.7 cm³/mol. The molecule has 0 amide bonds. The van der Waals surface area contributed by atoms with Gasteiger partial charge in [-0.05, 0) is 38.1 Å². The first-order valence-corrected chi connectivity index (χ1v) is 6.57. The first-order chi connectivity index (χ1) is 7.19. The van der Waals surface area contributed by atoms with Gasteiger partial charge in [0.25, 0.3) is 0 Å². The van der Waals surface area contributed by atoms with Crippen molar-refractivity contribution in [1.29, 1.82) is 0 Å². The molecular weight excluding hydrogens is 194 g/mol. The monoisotopic (exact) mass is 225 g/mol. The van der Waals surface area contributed by atoms with Crippen molar-refractivity contribution in [1.82, 2.24) is 4.90 Å². The first-order valence-electron chi connectivity index (χ1n) is 6.57. The standard InChI is InChI=1S/C15H31N/c1-9-13(4)16(14(5)12(2)3)11-10-15(6,7)8/h9,12-14H,1,10-11H2,2-8H3. The van der Waals surface area contributed by atoms with E-state index in [0.29, 0.717) is 23.4 Å². The summed E-state index contributed by atoms with van der Waals surface area (Å²) in [7, 11) is 0. The van der Waals surface area contributed by atoms with E-state index in [1.165, 1.54) is 6.42 Å². The Morgan fingerprint density at radius 2 is 1.62 bits per heavy atom. The molecule has 0 bridgehead atoms. The Bertz CT molecular complexity index is 200. The Balaban J connectivity index is 4.50. The lowest BCUT2D eigenvalue weighted by Gasteiger charge is -2.37. The van der Waals surface area contributed by atoms with Crippen molar-refractivity contribution in [2.45, 2.75) is 67.0 Å². The van der Waals surface area contributed by atoms with Crippen LogP contribution in [0.1, 0.15) is 54.9 Å². The van der Waals surface area contributed by atoms with Crippen LogP contribution < -0.4 is 0 Å². The second kappa shape index (κ2) is 6.44. The first kappa shape index (κ1) is 15.7. The average Bonchev–Trinajstić information content (AvgIpc) is 2.15. The molecule has 2 atom stereocenters. The second-order valence-corrected chi connectivity index (χ2v) is 6.51. The van der Waals surface area contributed by atoms with Crippen molar-refractivity contribution >= 4 is 0 Å². The molecule has 2 unspecified atom stereocenters. The fraction of sp³-hybridized carbons (Fsp3) is 0.867. The molecule has 0 saturated heterocycles. The van der Waals surface area contributed by atoms with Gasteiger partial charge in [-0.3, -0.25) is 4.90 Å². The molecule has 0 spiro atoms. The summed E-state index contributed by atoms with van der Waals surface area (Å²) in [5.74, 6) is 0.697. The van der Waals surface area contributed by atoms with Crippen LogP contribution in [-0.4, -0.2) is 23.5 Å². The van der Waals surface area contributed by atoms with E-state index in [1.807, 2.05) is 0 Å². The SMILES string of the molecule is C=CC(C)N(CCC(C)(C)C)C(C)C(C)C. The summed E-state index contributed by atoms with van der Waals surface area (Å²) >= 11 is 0. The van der Waals surface area contributed by atoms with Crippen molar-refractivity contribution in [2.75, 3.05) is 6.54 Å². The number of hydrogen-bond donors (Lipinski definition) is 0. The van der Waals surface area contributed by atoms with Gasteiger partial charge in [0, 0.05) is 12.1 Å². The van der Waals surface area contributed by atoms with Gasteiger partial charge in [-0.15, -0.1) is 6.58 Å². The van der Waals surface area contributed by atoms with E-state index in [0.717, 1.165) is 6.54 Å². The minimum absolute atomic E-state index is 0.413. The zero-order valence-corrected chi connectivity index (χ0v) is 12.4. The molecule has 0 aliphatic carbocycles. The van der Waals surface area contributed by atoms with Crippen LogP contribution in [0, 0.1) is 11.3 Å². The maximum absolute atomic E-state index is 3.93. The van der Waals surface area contributed by atoms with Crippen LogP contribution in [0.2, 0.25) is 0 Å². The second-order valence-electron chi connectivity index (χ2n) is 6.51. The van der Waals surface area contributed by atoms with E-state index in [9.17, 15) is 0 Å². The van der Waals surface area contributed by atoms with E-state index in [1.54, 1.807) is 0 Å². The van der Waals surface area contributed by atoms with E-state index in [4.69, 9.17) is 0 Å². The number of rotatable bonds is 6. The van der Waals surface area contributed by atoms with Crippen LogP contribution in [-0.2, 0) is 0 Å². The van der Waals surface area contributed by atoms with E-state index >= 15 is 0 Å². The molecule has 0 fully saturated rings. The molecule has 96 valence electrons. The van der Waals surface area contributed by atoms with Gasteiger partial charge in [-0.2, -0.15) is 0 Å². The van der Waals surface area contributed by atoms with Crippen LogP contribution in [0.4, 0.5) is 0 Å². The van der Waals surface area contributed by atoms with E-state index < -0.39 is 0 Å². The maximum atomic E-state index is 3.93. The third-order valence-corrected chi connectivity index (χ3v) is 3.47. The van der Waals surface area contributed by atoms with Crippen molar-refractivity contribution < 1.29 is 0 Å². The fourth-order valence-corrected chi connectivity index (χ4v) is 1.76. The molecule has 1 heteroatoms. The van der Waals surface area contributed by atoms with Crippen molar-refractivity contribution in [3.63, 3.8) is 0 Å². The summed E-state index contributed by atoms with van der Waals surface area (Å²) in [6, 6.07) is 1.09. The zero-order valence-electron chi connectivity index (χ0n) is 12.4. The highest BCUT2D eigenvalue weighted by Gasteiger charge is 2.22. The Morgan fingerprint density at radius 1 is 1.12 bits per heavy atom. The van der Waals surface area contributed by atoms with Gasteiger partial charge >= 0.3 is 0 Å². The smallest absolute Gasteiger partial charge is 0.0250 e. The van der Waals surface area contributed by atoms with Crippen LogP contribution >= 0.6 is 0 Å². The molecule has 0 aliphatic rings. The third-order valence-electron chi connectivity index (χ3n) is 3.47. The van der Waals surface area contributed by atoms with Crippen LogP contribution in [0.25, 0.3) is 0 Å². The Kier molecular flexibility index (Phi) is 6.32. The maximum Gasteiger partial charge on any atom is 0.0250 e. The summed E-state index contributed by atoms with van der Waals surface area (Å²) < 4.78 is 0. The van der Waals surface area contributed by atoms with Crippen molar-refractivity contribution in [3.05, 3.63) is 12.7 Å². The average molecular weight is 225 g/mol. The minimum atomic E-state index is 0.413. The van der Waals surface area contributed by atoms with E-state index in [2.05, 4.69) is 66.0 Å². The molecule has 0 aromatic carbocycles. The molecule has 0 aromatic heterocycles. The Labute approximate surface area is 103 Å². The number of hydrogen-bond acceptors (Lipinski definition) is 1. The zero-order chi connectivity index (χ0) is 12.9. The molecule has 0 N–H and O–H groups in total. The van der Waals surface area contributed by atoms with Crippen molar-refractivity contribution in [2.24, 2.45) is 11.3 Å². The molecule has 1 nitrogen and oxygen atoms in total. The quantitative estimate of drug-likeness (QED) is 0.608. The fourth-order valence-electron chi connectivity index (χ4n) is 1.76. The number of nitrogens with zero attached hydrogens (tertiary/aromatic N) is 1. The molecule has 0 heterocycles. The lowest BCUT2D eigenvalue weighted by Crippen LogP contribution is -2.43. The van der Waals surface area contributed by atoms with Gasteiger partial charge in [0.15, 0.2) is 0 Å². The van der Waals surface area contributed by atoms with Crippen LogP contribution in [0.15, 0.2) is 12.7 Å². The molecular formula is C15H31N. The van der Waals surface area contributed by atoms with Crippen molar-refractivity contribution in [3.8, 4) is 0 Å². The Morgan fingerprint density at radius 3 is 1.94 bits per heavy atom. The molecule has 0 aliphatic heterocycles. The minimum Gasteiger partial charge on any atom is -0.294 e. The lowest BCUT2D eigenvalue weighted by atomic mass is 9.91. The Hall–Kier alpha value is -0.300. The van der Waals surface area contributed by atoms with Gasteiger partial charge in [0.2, 0.25) is 0 Å².